The summed E-state index contributed by atoms with van der Waals surface area (Å²) in [6.45, 7) is 11.2. The number of nitrogens with one attached hydrogen (secondary N) is 2. The van der Waals surface area contributed by atoms with Crippen molar-refractivity contribution in [2.45, 2.75) is 79.0 Å². The second kappa shape index (κ2) is 12.1. The molecule has 7 heteroatoms. The van der Waals surface area contributed by atoms with Gasteiger partial charge in [-0.25, -0.2) is 9.69 Å². The van der Waals surface area contributed by atoms with Crippen molar-refractivity contribution >= 4 is 17.7 Å². The average Bonchev–Trinajstić information content (AvgIpc) is 2.78. The van der Waals surface area contributed by atoms with Crippen molar-refractivity contribution in [1.29, 1.82) is 0 Å². The quantitative estimate of drug-likeness (QED) is 0.352. The third-order valence-corrected chi connectivity index (χ3v) is 6.42. The SMILES string of the molecule is CCC[C@@H](NC(=O)N1C(=O)C(CC)(CC)C1OCC(=O)CCNCC)c1ccc(C)cc1. The molecule has 7 nitrogen and oxygen atoms in total. The Bertz CT molecular complexity index is 774. The highest BCUT2D eigenvalue weighted by atomic mass is 16.5. The highest BCUT2D eigenvalue weighted by molar-refractivity contribution is 6.03. The smallest absolute Gasteiger partial charge is 0.326 e. The summed E-state index contributed by atoms with van der Waals surface area (Å²) in [5.41, 5.74) is 1.40. The number of urea groups is 1. The van der Waals surface area contributed by atoms with Gasteiger partial charge in [-0.3, -0.25) is 9.59 Å². The Morgan fingerprint density at radius 3 is 2.34 bits per heavy atom. The molecule has 2 atom stereocenters. The van der Waals surface area contributed by atoms with Crippen LogP contribution in [0.2, 0.25) is 0 Å². The van der Waals surface area contributed by atoms with Crippen LogP contribution in [0.3, 0.4) is 0 Å². The Balaban J connectivity index is 2.12. The highest BCUT2D eigenvalue weighted by Crippen LogP contribution is 2.46. The number of carbonyl (C=O) groups excluding carboxylic acids is 3. The van der Waals surface area contributed by atoms with Crippen LogP contribution in [0.1, 0.15) is 77.0 Å². The molecule has 1 heterocycles. The monoisotopic (exact) mass is 445 g/mol. The second-order valence-corrected chi connectivity index (χ2v) is 8.55. The van der Waals surface area contributed by atoms with E-state index in [1.54, 1.807) is 0 Å². The number of hydrogen-bond donors (Lipinski definition) is 2. The molecule has 2 N–H and O–H groups in total. The van der Waals surface area contributed by atoms with Gasteiger partial charge in [-0.05, 0) is 38.3 Å². The summed E-state index contributed by atoms with van der Waals surface area (Å²) in [6.07, 6.45) is 2.39. The summed E-state index contributed by atoms with van der Waals surface area (Å²) in [4.78, 5) is 39.6. The van der Waals surface area contributed by atoms with Crippen LogP contribution in [-0.2, 0) is 14.3 Å². The number of ketones is 1. The summed E-state index contributed by atoms with van der Waals surface area (Å²) < 4.78 is 5.90. The average molecular weight is 446 g/mol. The van der Waals surface area contributed by atoms with E-state index < -0.39 is 17.7 Å². The molecule has 1 saturated heterocycles. The molecule has 1 aromatic carbocycles. The fourth-order valence-electron chi connectivity index (χ4n) is 4.24. The number of likely N-dealkylation sites (tertiary alicyclic amines) is 1. The molecule has 1 aliphatic rings. The van der Waals surface area contributed by atoms with E-state index >= 15 is 0 Å². The summed E-state index contributed by atoms with van der Waals surface area (Å²) in [5.74, 6) is -0.278. The number of benzene rings is 1. The molecule has 32 heavy (non-hydrogen) atoms. The molecule has 0 aromatic heterocycles. The van der Waals surface area contributed by atoms with E-state index in [0.29, 0.717) is 25.8 Å². The zero-order chi connectivity index (χ0) is 23.7. The minimum absolute atomic E-state index is 0.0460. The van der Waals surface area contributed by atoms with Crippen molar-refractivity contribution in [1.82, 2.24) is 15.5 Å². The van der Waals surface area contributed by atoms with Crippen molar-refractivity contribution in [3.8, 4) is 0 Å². The molecule has 1 aromatic rings. The number of amides is 3. The molecular weight excluding hydrogens is 406 g/mol. The van der Waals surface area contributed by atoms with Crippen molar-refractivity contribution in [2.75, 3.05) is 19.7 Å². The highest BCUT2D eigenvalue weighted by Gasteiger charge is 2.62. The van der Waals surface area contributed by atoms with Gasteiger partial charge in [-0.15, -0.1) is 0 Å². The van der Waals surface area contributed by atoms with Crippen molar-refractivity contribution in [3.63, 3.8) is 0 Å². The van der Waals surface area contributed by atoms with Gasteiger partial charge in [-0.2, -0.15) is 0 Å². The molecular formula is C25H39N3O4. The number of carbonyl (C=O) groups is 3. The molecule has 0 aliphatic carbocycles. The van der Waals surface area contributed by atoms with E-state index in [0.717, 1.165) is 30.5 Å². The van der Waals surface area contributed by atoms with Crippen molar-refractivity contribution < 1.29 is 19.1 Å². The molecule has 0 spiro atoms. The van der Waals surface area contributed by atoms with E-state index in [2.05, 4.69) is 17.6 Å². The molecule has 0 bridgehead atoms. The van der Waals surface area contributed by atoms with Gasteiger partial charge < -0.3 is 15.4 Å². The Morgan fingerprint density at radius 1 is 1.12 bits per heavy atom. The molecule has 178 valence electrons. The summed E-state index contributed by atoms with van der Waals surface area (Å²) >= 11 is 0. The zero-order valence-electron chi connectivity index (χ0n) is 20.2. The molecule has 1 unspecified atom stereocenters. The predicted molar refractivity (Wildman–Crippen MR) is 125 cm³/mol. The molecule has 2 rings (SSSR count). The van der Waals surface area contributed by atoms with Crippen LogP contribution < -0.4 is 10.6 Å². The van der Waals surface area contributed by atoms with Gasteiger partial charge in [0.05, 0.1) is 11.5 Å². The summed E-state index contributed by atoms with van der Waals surface area (Å²) in [6, 6.07) is 7.39. The van der Waals surface area contributed by atoms with Crippen LogP contribution in [0.4, 0.5) is 4.79 Å². The van der Waals surface area contributed by atoms with E-state index in [9.17, 15) is 14.4 Å². The van der Waals surface area contributed by atoms with Crippen LogP contribution in [0.15, 0.2) is 24.3 Å². The third kappa shape index (κ3) is 5.75. The number of hydrogen-bond acceptors (Lipinski definition) is 5. The van der Waals surface area contributed by atoms with E-state index in [-0.39, 0.29) is 24.3 Å². The fraction of sp³-hybridized carbons (Fsp3) is 0.640. The lowest BCUT2D eigenvalue weighted by Gasteiger charge is -2.53. The lowest BCUT2D eigenvalue weighted by molar-refractivity contribution is -0.210. The zero-order valence-corrected chi connectivity index (χ0v) is 20.2. The number of Topliss-reactive ketones (excluding diaryl/α,β-unsaturated/α-hetero) is 1. The number of aryl methyl sites for hydroxylation is 1. The Labute approximate surface area is 192 Å². The van der Waals surface area contributed by atoms with Crippen LogP contribution in [-0.4, -0.2) is 48.5 Å². The molecule has 1 fully saturated rings. The number of nitrogens with zero attached hydrogens (tertiary/aromatic N) is 1. The number of ether oxygens (including phenoxy) is 1. The Morgan fingerprint density at radius 2 is 1.78 bits per heavy atom. The lowest BCUT2D eigenvalue weighted by atomic mass is 9.72. The first-order chi connectivity index (χ1) is 15.3. The van der Waals surface area contributed by atoms with Gasteiger partial charge in [0.2, 0.25) is 5.91 Å². The first-order valence-corrected chi connectivity index (χ1v) is 11.9. The Hall–Kier alpha value is -2.25. The van der Waals surface area contributed by atoms with Gasteiger partial charge in [0.15, 0.2) is 12.0 Å². The number of rotatable bonds is 13. The molecule has 1 aliphatic heterocycles. The normalized spacial score (nSPS) is 18.2. The van der Waals surface area contributed by atoms with Crippen LogP contribution >= 0.6 is 0 Å². The third-order valence-electron chi connectivity index (χ3n) is 6.42. The topological polar surface area (TPSA) is 87.7 Å². The van der Waals surface area contributed by atoms with Gasteiger partial charge >= 0.3 is 6.03 Å². The first kappa shape index (κ1) is 26.0. The maximum absolute atomic E-state index is 13.2. The molecule has 3 amide bonds. The van der Waals surface area contributed by atoms with E-state index in [4.69, 9.17) is 4.74 Å². The van der Waals surface area contributed by atoms with Crippen molar-refractivity contribution in [3.05, 3.63) is 35.4 Å². The van der Waals surface area contributed by atoms with Gasteiger partial charge in [0.25, 0.3) is 0 Å². The van der Waals surface area contributed by atoms with Gasteiger partial charge in [0, 0.05) is 13.0 Å². The maximum Gasteiger partial charge on any atom is 0.326 e. The van der Waals surface area contributed by atoms with Crippen LogP contribution in [0.5, 0.6) is 0 Å². The lowest BCUT2D eigenvalue weighted by Crippen LogP contribution is -2.72. The fourth-order valence-corrected chi connectivity index (χ4v) is 4.24. The summed E-state index contributed by atoms with van der Waals surface area (Å²) in [7, 11) is 0. The Kier molecular flexibility index (Phi) is 9.84. The second-order valence-electron chi connectivity index (χ2n) is 8.55. The standard InChI is InChI=1S/C25H39N3O4/c1-6-10-21(19-13-11-18(5)12-14-19)27-24(31)28-22(30)25(7-2,8-3)23(28)32-17-20(29)15-16-26-9-4/h11-14,21,23,26H,6-10,15-17H2,1-5H3,(H,27,31)/t21-,23?/m1/s1. The maximum atomic E-state index is 13.2. The predicted octanol–water partition coefficient (Wildman–Crippen LogP) is 4.11. The largest absolute Gasteiger partial charge is 0.349 e. The molecule has 0 saturated carbocycles. The van der Waals surface area contributed by atoms with Gasteiger partial charge in [0.1, 0.15) is 6.61 Å². The first-order valence-electron chi connectivity index (χ1n) is 11.9. The molecule has 0 radical (unpaired) electrons. The summed E-state index contributed by atoms with van der Waals surface area (Å²) in [5, 5.41) is 6.14. The van der Waals surface area contributed by atoms with Crippen LogP contribution in [0, 0.1) is 12.3 Å². The van der Waals surface area contributed by atoms with E-state index in [1.807, 2.05) is 52.0 Å². The van der Waals surface area contributed by atoms with Crippen LogP contribution in [0.25, 0.3) is 0 Å². The number of β-lactam (4-membered cyclic amide) rings is 1. The van der Waals surface area contributed by atoms with Crippen molar-refractivity contribution in [2.24, 2.45) is 5.41 Å². The van der Waals surface area contributed by atoms with Gasteiger partial charge in [-0.1, -0.05) is 63.9 Å². The minimum atomic E-state index is -0.761. The number of imide groups is 1. The minimum Gasteiger partial charge on any atom is -0.349 e. The van der Waals surface area contributed by atoms with E-state index in [1.165, 1.54) is 4.90 Å².